The second-order valence-corrected chi connectivity index (χ2v) is 4.50. The molecule has 1 aromatic carbocycles. The lowest BCUT2D eigenvalue weighted by atomic mass is 10.3. The van der Waals surface area contributed by atoms with E-state index in [1.807, 2.05) is 25.1 Å². The van der Waals surface area contributed by atoms with Crippen LogP contribution in [0.5, 0.6) is 5.75 Å². The Hall–Kier alpha value is -2.76. The molecule has 0 bridgehead atoms. The number of benzene rings is 1. The number of methoxy groups -OCH3 is 1. The zero-order valence-electron chi connectivity index (χ0n) is 11.6. The van der Waals surface area contributed by atoms with E-state index >= 15 is 0 Å². The molecule has 0 saturated carbocycles. The first-order valence-electron chi connectivity index (χ1n) is 6.37. The van der Waals surface area contributed by atoms with Gasteiger partial charge in [-0.25, -0.2) is 9.37 Å². The highest BCUT2D eigenvalue weighted by atomic mass is 19.1. The van der Waals surface area contributed by atoms with Gasteiger partial charge in [-0.05, 0) is 31.2 Å². The Labute approximate surface area is 120 Å². The van der Waals surface area contributed by atoms with Gasteiger partial charge in [0, 0.05) is 12.3 Å². The summed E-state index contributed by atoms with van der Waals surface area (Å²) >= 11 is 0. The van der Waals surface area contributed by atoms with Gasteiger partial charge in [0.2, 0.25) is 0 Å². The number of rotatable bonds is 3. The summed E-state index contributed by atoms with van der Waals surface area (Å²) in [7, 11) is 1.59. The van der Waals surface area contributed by atoms with E-state index in [0.29, 0.717) is 28.6 Å². The number of hydrogen-bond acceptors (Lipinski definition) is 4. The smallest absolute Gasteiger partial charge is 0.182 e. The number of ether oxygens (including phenoxy) is 1. The number of aryl methyl sites for hydroxylation is 1. The van der Waals surface area contributed by atoms with Crippen LogP contribution in [0.15, 0.2) is 52.8 Å². The van der Waals surface area contributed by atoms with E-state index in [2.05, 4.69) is 15.2 Å². The molecule has 2 heterocycles. The van der Waals surface area contributed by atoms with E-state index in [0.717, 1.165) is 0 Å². The monoisotopic (exact) mass is 284 g/mol. The third-order valence-corrected chi connectivity index (χ3v) is 3.04. The average molecular weight is 284 g/mol. The summed E-state index contributed by atoms with van der Waals surface area (Å²) in [5.74, 6) is 0.859. The Kier molecular flexibility index (Phi) is 3.35. The summed E-state index contributed by atoms with van der Waals surface area (Å²) in [6, 6.07) is 10.2. The topological polar surface area (TPSA) is 51.2 Å². The predicted molar refractivity (Wildman–Crippen MR) is 77.1 cm³/mol. The first-order valence-corrected chi connectivity index (χ1v) is 6.37. The molecule has 0 fully saturated rings. The molecule has 0 aliphatic rings. The summed E-state index contributed by atoms with van der Waals surface area (Å²) < 4.78 is 20.1. The quantitative estimate of drug-likeness (QED) is 0.676. The van der Waals surface area contributed by atoms with Gasteiger partial charge in [-0.1, -0.05) is 6.07 Å². The molecule has 0 spiro atoms. The highest BCUT2D eigenvalue weighted by Crippen LogP contribution is 2.25. The van der Waals surface area contributed by atoms with E-state index in [4.69, 9.17) is 4.74 Å². The molecule has 6 heteroatoms. The molecule has 0 amide bonds. The number of pyridine rings is 1. The second-order valence-electron chi connectivity index (χ2n) is 4.50. The average Bonchev–Trinajstić information content (AvgIpc) is 2.80. The fraction of sp³-hybridized carbons (Fsp3) is 0.133. The molecule has 0 N–H and O–H groups in total. The molecular weight excluding hydrogens is 271 g/mol. The first-order chi connectivity index (χ1) is 10.2. The van der Waals surface area contributed by atoms with Gasteiger partial charge in [0.25, 0.3) is 0 Å². The zero-order valence-corrected chi connectivity index (χ0v) is 11.6. The number of halogens is 1. The maximum absolute atomic E-state index is 13.4. The maximum Gasteiger partial charge on any atom is 0.182 e. The number of nitrogens with zero attached hydrogens (tertiary/aromatic N) is 4. The molecule has 106 valence electrons. The van der Waals surface area contributed by atoms with Crippen LogP contribution in [0.3, 0.4) is 0 Å². The molecule has 21 heavy (non-hydrogen) atoms. The first kappa shape index (κ1) is 13.2. The largest absolute Gasteiger partial charge is 0.497 e. The summed E-state index contributed by atoms with van der Waals surface area (Å²) in [4.78, 5) is 4.32. The molecule has 3 aromatic rings. The summed E-state index contributed by atoms with van der Waals surface area (Å²) in [5.41, 5.74) is 1.97. The maximum atomic E-state index is 13.4. The van der Waals surface area contributed by atoms with E-state index in [9.17, 15) is 4.39 Å². The van der Waals surface area contributed by atoms with Crippen LogP contribution in [0.4, 0.5) is 15.9 Å². The van der Waals surface area contributed by atoms with Crippen LogP contribution in [0.25, 0.3) is 5.65 Å². The lowest BCUT2D eigenvalue weighted by Gasteiger charge is -1.99. The molecule has 0 aliphatic carbocycles. The van der Waals surface area contributed by atoms with Crippen LogP contribution < -0.4 is 4.74 Å². The minimum atomic E-state index is -0.349. The van der Waals surface area contributed by atoms with Crippen molar-refractivity contribution in [3.8, 4) is 5.75 Å². The molecule has 0 saturated heterocycles. The molecule has 0 radical (unpaired) electrons. The number of azo groups is 1. The summed E-state index contributed by atoms with van der Waals surface area (Å²) in [6.07, 6.45) is 1.34. The van der Waals surface area contributed by atoms with Crippen LogP contribution in [0.2, 0.25) is 0 Å². The highest BCUT2D eigenvalue weighted by Gasteiger charge is 2.08. The van der Waals surface area contributed by atoms with Crippen molar-refractivity contribution in [2.24, 2.45) is 10.2 Å². The van der Waals surface area contributed by atoms with Crippen molar-refractivity contribution in [2.45, 2.75) is 6.92 Å². The second kappa shape index (κ2) is 5.32. The van der Waals surface area contributed by atoms with Crippen molar-refractivity contribution in [2.75, 3.05) is 7.11 Å². The molecule has 5 nitrogen and oxygen atoms in total. The van der Waals surface area contributed by atoms with Gasteiger partial charge >= 0.3 is 0 Å². The Bertz CT molecular complexity index is 826. The number of hydrogen-bond donors (Lipinski definition) is 0. The fourth-order valence-electron chi connectivity index (χ4n) is 2.02. The van der Waals surface area contributed by atoms with Crippen LogP contribution in [0.1, 0.15) is 5.69 Å². The minimum Gasteiger partial charge on any atom is -0.497 e. The Morgan fingerprint density at radius 3 is 2.86 bits per heavy atom. The predicted octanol–water partition coefficient (Wildman–Crippen LogP) is 4.21. The van der Waals surface area contributed by atoms with Gasteiger partial charge in [0.1, 0.15) is 17.2 Å². The number of imidazole rings is 1. The van der Waals surface area contributed by atoms with Gasteiger partial charge in [-0.15, -0.1) is 10.2 Å². The van der Waals surface area contributed by atoms with Crippen molar-refractivity contribution in [3.63, 3.8) is 0 Å². The van der Waals surface area contributed by atoms with Gasteiger partial charge in [-0.3, -0.25) is 4.40 Å². The Balaban J connectivity index is 2.02. The van der Waals surface area contributed by atoms with Crippen molar-refractivity contribution < 1.29 is 9.13 Å². The lowest BCUT2D eigenvalue weighted by Crippen LogP contribution is -1.85. The summed E-state index contributed by atoms with van der Waals surface area (Å²) in [6.45, 7) is 1.81. The van der Waals surface area contributed by atoms with Crippen LogP contribution in [-0.4, -0.2) is 16.5 Å². The van der Waals surface area contributed by atoms with Gasteiger partial charge in [-0.2, -0.15) is 0 Å². The standard InChI is InChI=1S/C15H13FN4O/c1-10-15(20-9-11(16)6-7-14(20)17-10)19-18-12-4-3-5-13(8-12)21-2/h3-9H,1-2H3. The normalized spacial score (nSPS) is 11.4. The van der Waals surface area contributed by atoms with E-state index in [-0.39, 0.29) is 5.82 Å². The third kappa shape index (κ3) is 2.60. The van der Waals surface area contributed by atoms with Gasteiger partial charge in [0.15, 0.2) is 5.82 Å². The van der Waals surface area contributed by atoms with Crippen molar-refractivity contribution in [1.29, 1.82) is 0 Å². The van der Waals surface area contributed by atoms with E-state index < -0.39 is 0 Å². The molecule has 0 unspecified atom stereocenters. The van der Waals surface area contributed by atoms with E-state index in [1.54, 1.807) is 23.6 Å². The lowest BCUT2D eigenvalue weighted by molar-refractivity contribution is 0.415. The Morgan fingerprint density at radius 2 is 2.05 bits per heavy atom. The van der Waals surface area contributed by atoms with Gasteiger partial charge < -0.3 is 4.74 Å². The number of aromatic nitrogens is 2. The van der Waals surface area contributed by atoms with Crippen molar-refractivity contribution in [3.05, 3.63) is 54.1 Å². The molecule has 3 rings (SSSR count). The van der Waals surface area contributed by atoms with Crippen LogP contribution >= 0.6 is 0 Å². The minimum absolute atomic E-state index is 0.349. The van der Waals surface area contributed by atoms with Crippen LogP contribution in [-0.2, 0) is 0 Å². The van der Waals surface area contributed by atoms with Crippen LogP contribution in [0, 0.1) is 12.7 Å². The van der Waals surface area contributed by atoms with Gasteiger partial charge in [0.05, 0.1) is 18.5 Å². The van der Waals surface area contributed by atoms with Crippen molar-refractivity contribution >= 4 is 17.2 Å². The summed E-state index contributed by atoms with van der Waals surface area (Å²) in [5, 5.41) is 8.34. The zero-order chi connectivity index (χ0) is 14.8. The molecular formula is C15H13FN4O. The molecule has 0 aliphatic heterocycles. The SMILES string of the molecule is COc1cccc(N=Nc2c(C)nc3ccc(F)cn23)c1. The highest BCUT2D eigenvalue weighted by molar-refractivity contribution is 5.52. The van der Waals surface area contributed by atoms with E-state index in [1.165, 1.54) is 12.3 Å². The Morgan fingerprint density at radius 1 is 1.19 bits per heavy atom. The molecule has 0 atom stereocenters. The number of fused-ring (bicyclic) bond motifs is 1. The fourth-order valence-corrected chi connectivity index (χ4v) is 2.02. The third-order valence-electron chi connectivity index (χ3n) is 3.04. The van der Waals surface area contributed by atoms with Crippen molar-refractivity contribution in [1.82, 2.24) is 9.38 Å². The molecule has 2 aromatic heterocycles.